The SMILES string of the molecule is CC(C)(C)OC(=O)N(CCc1nc(C(=O)NCc2ncccc2F)cs1)CC(C)(C)C(=O)O. The van der Waals surface area contributed by atoms with E-state index in [9.17, 15) is 23.9 Å². The average molecular weight is 481 g/mol. The largest absolute Gasteiger partial charge is 0.481 e. The molecule has 180 valence electrons. The van der Waals surface area contributed by atoms with Gasteiger partial charge in [0.2, 0.25) is 0 Å². The Morgan fingerprint density at radius 1 is 1.24 bits per heavy atom. The molecule has 0 aliphatic rings. The molecule has 33 heavy (non-hydrogen) atoms. The molecule has 0 saturated carbocycles. The highest BCUT2D eigenvalue weighted by atomic mass is 32.1. The summed E-state index contributed by atoms with van der Waals surface area (Å²) in [7, 11) is 0. The molecular weight excluding hydrogens is 451 g/mol. The summed E-state index contributed by atoms with van der Waals surface area (Å²) >= 11 is 1.24. The molecular formula is C22H29FN4O5S. The number of aromatic nitrogens is 2. The molecule has 2 aromatic rings. The van der Waals surface area contributed by atoms with E-state index in [1.54, 1.807) is 26.2 Å². The van der Waals surface area contributed by atoms with Crippen LogP contribution in [0.1, 0.15) is 55.8 Å². The summed E-state index contributed by atoms with van der Waals surface area (Å²) in [4.78, 5) is 46.0. The van der Waals surface area contributed by atoms with Crippen LogP contribution in [0.25, 0.3) is 0 Å². The Morgan fingerprint density at radius 2 is 1.94 bits per heavy atom. The zero-order valence-electron chi connectivity index (χ0n) is 19.3. The second-order valence-corrected chi connectivity index (χ2v) is 10.0. The molecule has 0 aliphatic heterocycles. The van der Waals surface area contributed by atoms with Gasteiger partial charge in [0.15, 0.2) is 0 Å². The van der Waals surface area contributed by atoms with E-state index in [2.05, 4.69) is 15.3 Å². The lowest BCUT2D eigenvalue weighted by Crippen LogP contribution is -2.45. The van der Waals surface area contributed by atoms with Crippen LogP contribution in [0.15, 0.2) is 23.7 Å². The van der Waals surface area contributed by atoms with Gasteiger partial charge in [-0.05, 0) is 46.8 Å². The number of hydrogen-bond donors (Lipinski definition) is 2. The van der Waals surface area contributed by atoms with Gasteiger partial charge in [-0.1, -0.05) is 0 Å². The molecule has 2 N–H and O–H groups in total. The molecule has 2 rings (SSSR count). The zero-order valence-corrected chi connectivity index (χ0v) is 20.2. The number of halogens is 1. The van der Waals surface area contributed by atoms with Gasteiger partial charge in [-0.3, -0.25) is 14.6 Å². The third-order valence-corrected chi connectivity index (χ3v) is 5.36. The second-order valence-electron chi connectivity index (χ2n) is 9.08. The van der Waals surface area contributed by atoms with Crippen molar-refractivity contribution in [3.05, 3.63) is 45.9 Å². The summed E-state index contributed by atoms with van der Waals surface area (Å²) in [5, 5.41) is 14.2. The number of hydrogen-bond acceptors (Lipinski definition) is 7. The number of pyridine rings is 1. The quantitative estimate of drug-likeness (QED) is 0.563. The fourth-order valence-corrected chi connectivity index (χ4v) is 3.44. The molecule has 0 radical (unpaired) electrons. The molecule has 0 spiro atoms. The Kier molecular flexibility index (Phi) is 8.48. The molecule has 0 bridgehead atoms. The number of carboxylic acids is 1. The third-order valence-electron chi connectivity index (χ3n) is 4.45. The van der Waals surface area contributed by atoms with E-state index in [4.69, 9.17) is 4.74 Å². The van der Waals surface area contributed by atoms with Crippen LogP contribution in [0.3, 0.4) is 0 Å². The van der Waals surface area contributed by atoms with Crippen molar-refractivity contribution in [3.63, 3.8) is 0 Å². The van der Waals surface area contributed by atoms with Crippen LogP contribution in [-0.4, -0.2) is 56.6 Å². The molecule has 0 saturated heterocycles. The smallest absolute Gasteiger partial charge is 0.410 e. The highest BCUT2D eigenvalue weighted by molar-refractivity contribution is 7.09. The molecule has 9 nitrogen and oxygen atoms in total. The number of rotatable bonds is 9. The summed E-state index contributed by atoms with van der Waals surface area (Å²) in [6.45, 7) is 8.29. The normalized spacial score (nSPS) is 11.7. The fourth-order valence-electron chi connectivity index (χ4n) is 2.67. The molecule has 0 fully saturated rings. The van der Waals surface area contributed by atoms with Crippen LogP contribution in [0.5, 0.6) is 0 Å². The molecule has 2 heterocycles. The van der Waals surface area contributed by atoms with Crippen molar-refractivity contribution >= 4 is 29.3 Å². The van der Waals surface area contributed by atoms with E-state index in [1.165, 1.54) is 48.4 Å². The van der Waals surface area contributed by atoms with Crippen LogP contribution in [0.4, 0.5) is 9.18 Å². The van der Waals surface area contributed by atoms with Crippen molar-refractivity contribution in [2.24, 2.45) is 5.41 Å². The minimum absolute atomic E-state index is 0.0500. The summed E-state index contributed by atoms with van der Waals surface area (Å²) in [6.07, 6.45) is 1.12. The predicted molar refractivity (Wildman–Crippen MR) is 120 cm³/mol. The minimum Gasteiger partial charge on any atom is -0.481 e. The maximum Gasteiger partial charge on any atom is 0.410 e. The maximum atomic E-state index is 13.7. The lowest BCUT2D eigenvalue weighted by molar-refractivity contribution is -0.147. The summed E-state index contributed by atoms with van der Waals surface area (Å²) in [5.41, 5.74) is -1.62. The monoisotopic (exact) mass is 480 g/mol. The number of nitrogens with zero attached hydrogens (tertiary/aromatic N) is 3. The van der Waals surface area contributed by atoms with Gasteiger partial charge in [-0.2, -0.15) is 0 Å². The van der Waals surface area contributed by atoms with Gasteiger partial charge in [0.05, 0.1) is 22.7 Å². The van der Waals surface area contributed by atoms with Crippen molar-refractivity contribution in [2.45, 2.75) is 53.2 Å². The Balaban J connectivity index is 2.02. The third kappa shape index (κ3) is 8.08. The number of aliphatic carboxylic acids is 1. The molecule has 0 aliphatic carbocycles. The van der Waals surface area contributed by atoms with Crippen LogP contribution < -0.4 is 5.32 Å². The highest BCUT2D eigenvalue weighted by Crippen LogP contribution is 2.21. The van der Waals surface area contributed by atoms with Gasteiger partial charge in [0.25, 0.3) is 5.91 Å². The van der Waals surface area contributed by atoms with Crippen molar-refractivity contribution < 1.29 is 28.6 Å². The number of nitrogens with one attached hydrogen (secondary N) is 1. The fraction of sp³-hybridized carbons (Fsp3) is 0.500. The predicted octanol–water partition coefficient (Wildman–Crippen LogP) is 3.50. The Bertz CT molecular complexity index is 1000. The van der Waals surface area contributed by atoms with E-state index < -0.39 is 34.8 Å². The van der Waals surface area contributed by atoms with E-state index >= 15 is 0 Å². The summed E-state index contributed by atoms with van der Waals surface area (Å²) < 4.78 is 19.1. The van der Waals surface area contributed by atoms with Crippen LogP contribution >= 0.6 is 11.3 Å². The van der Waals surface area contributed by atoms with Crippen molar-refractivity contribution in [2.75, 3.05) is 13.1 Å². The van der Waals surface area contributed by atoms with E-state index in [1.807, 2.05) is 0 Å². The molecule has 11 heteroatoms. The Labute approximate surface area is 196 Å². The number of amides is 2. The van der Waals surface area contributed by atoms with Crippen molar-refractivity contribution in [1.82, 2.24) is 20.2 Å². The first-order valence-corrected chi connectivity index (χ1v) is 11.2. The lowest BCUT2D eigenvalue weighted by atomic mass is 9.93. The van der Waals surface area contributed by atoms with Crippen LogP contribution in [0, 0.1) is 11.2 Å². The molecule has 0 atom stereocenters. The maximum absolute atomic E-state index is 13.7. The first-order valence-electron chi connectivity index (χ1n) is 10.3. The lowest BCUT2D eigenvalue weighted by Gasteiger charge is -2.31. The standard InChI is InChI=1S/C22H29FN4O5S/c1-21(2,3)32-20(31)27(13-22(4,5)19(29)30)10-8-17-26-16(12-33-17)18(28)25-11-15-14(23)7-6-9-24-15/h6-7,9,12H,8,10-11,13H2,1-5H3,(H,25,28)(H,29,30). The molecule has 0 aromatic carbocycles. The van der Waals surface area contributed by atoms with E-state index in [0.29, 0.717) is 11.4 Å². The zero-order chi connectivity index (χ0) is 24.8. The molecule has 2 aromatic heterocycles. The van der Waals surface area contributed by atoms with Crippen molar-refractivity contribution in [1.29, 1.82) is 0 Å². The first kappa shape index (κ1) is 26.2. The average Bonchev–Trinajstić information content (AvgIpc) is 3.18. The summed E-state index contributed by atoms with van der Waals surface area (Å²) in [6, 6.07) is 2.73. The molecule has 0 unspecified atom stereocenters. The number of thiazole rings is 1. The van der Waals surface area contributed by atoms with Crippen LogP contribution in [-0.2, 0) is 22.5 Å². The number of carbonyl (C=O) groups excluding carboxylic acids is 2. The first-order chi connectivity index (χ1) is 15.3. The van der Waals surface area contributed by atoms with Gasteiger partial charge in [-0.25, -0.2) is 14.2 Å². The number of ether oxygens (including phenoxy) is 1. The van der Waals surface area contributed by atoms with E-state index in [-0.39, 0.29) is 31.0 Å². The minimum atomic E-state index is -1.18. The number of carbonyl (C=O) groups is 3. The van der Waals surface area contributed by atoms with E-state index in [0.717, 1.165) is 0 Å². The Hall–Kier alpha value is -3.08. The Morgan fingerprint density at radius 3 is 2.55 bits per heavy atom. The molecule has 2 amide bonds. The summed E-state index contributed by atoms with van der Waals surface area (Å²) in [5.74, 6) is -2.02. The van der Waals surface area contributed by atoms with Crippen LogP contribution in [0.2, 0.25) is 0 Å². The van der Waals surface area contributed by atoms with Gasteiger partial charge in [0, 0.05) is 31.1 Å². The van der Waals surface area contributed by atoms with Gasteiger partial charge < -0.3 is 20.1 Å². The van der Waals surface area contributed by atoms with Gasteiger partial charge in [-0.15, -0.1) is 11.3 Å². The second kappa shape index (κ2) is 10.7. The van der Waals surface area contributed by atoms with Crippen molar-refractivity contribution in [3.8, 4) is 0 Å². The van der Waals surface area contributed by atoms with Gasteiger partial charge >= 0.3 is 12.1 Å². The topological polar surface area (TPSA) is 122 Å². The highest BCUT2D eigenvalue weighted by Gasteiger charge is 2.33. The number of carboxylic acid groups (broad SMARTS) is 1. The van der Waals surface area contributed by atoms with Gasteiger partial charge in [0.1, 0.15) is 17.1 Å².